The second-order valence-corrected chi connectivity index (χ2v) is 9.22. The Morgan fingerprint density at radius 2 is 1.90 bits per heavy atom. The Kier molecular flexibility index (Phi) is 6.55. The van der Waals surface area contributed by atoms with Crippen LogP contribution in [-0.4, -0.2) is 42.4 Å². The van der Waals surface area contributed by atoms with Gasteiger partial charge in [0.25, 0.3) is 0 Å². The molecular weight excluding hydrogens is 386 g/mol. The number of likely N-dealkylation sites (tertiary alicyclic amines) is 1. The van der Waals surface area contributed by atoms with Crippen LogP contribution >= 0.6 is 0 Å². The average Bonchev–Trinajstić information content (AvgIpc) is 3.42. The van der Waals surface area contributed by atoms with Gasteiger partial charge >= 0.3 is 0 Å². The molecule has 0 unspecified atom stereocenters. The first-order valence-electron chi connectivity index (χ1n) is 11.3. The van der Waals surface area contributed by atoms with Crippen molar-refractivity contribution in [3.05, 3.63) is 59.7 Å². The predicted molar refractivity (Wildman–Crippen MR) is 123 cm³/mol. The van der Waals surface area contributed by atoms with E-state index in [-0.39, 0.29) is 12.0 Å². The minimum atomic E-state index is -0.820. The highest BCUT2D eigenvalue weighted by atomic mass is 16.5. The van der Waals surface area contributed by atoms with E-state index in [1.165, 1.54) is 18.4 Å². The highest BCUT2D eigenvalue weighted by Crippen LogP contribution is 2.47. The highest BCUT2D eigenvalue weighted by molar-refractivity contribution is 5.45. The topological polar surface area (TPSA) is 41.9 Å². The van der Waals surface area contributed by atoms with Crippen LogP contribution in [0.1, 0.15) is 49.7 Å². The SMILES string of the molecule is C#C[C@@H](O)[C@]1(C)CN(Cc2ccccc2)C[C@H]1c1ccc(OC)c(OC2CCCC2)c1. The number of hydrogen-bond acceptors (Lipinski definition) is 4. The smallest absolute Gasteiger partial charge is 0.161 e. The van der Waals surface area contributed by atoms with Crippen molar-refractivity contribution in [2.24, 2.45) is 5.41 Å². The first-order chi connectivity index (χ1) is 15.0. The Morgan fingerprint density at radius 1 is 1.16 bits per heavy atom. The summed E-state index contributed by atoms with van der Waals surface area (Å²) in [5.41, 5.74) is 1.96. The Morgan fingerprint density at radius 3 is 2.58 bits per heavy atom. The normalized spacial score (nSPS) is 25.3. The van der Waals surface area contributed by atoms with E-state index in [1.54, 1.807) is 7.11 Å². The van der Waals surface area contributed by atoms with E-state index >= 15 is 0 Å². The summed E-state index contributed by atoms with van der Waals surface area (Å²) in [6.45, 7) is 4.52. The number of terminal acetylenes is 1. The number of ether oxygens (including phenoxy) is 2. The Labute approximate surface area is 186 Å². The largest absolute Gasteiger partial charge is 0.493 e. The molecule has 0 radical (unpaired) electrons. The fourth-order valence-corrected chi connectivity index (χ4v) is 5.23. The zero-order chi connectivity index (χ0) is 21.8. The molecule has 1 aliphatic carbocycles. The van der Waals surface area contributed by atoms with E-state index in [2.05, 4.69) is 54.1 Å². The molecular formula is C27H33NO3. The van der Waals surface area contributed by atoms with Crippen LogP contribution < -0.4 is 9.47 Å². The molecule has 3 atom stereocenters. The molecule has 1 N–H and O–H groups in total. The van der Waals surface area contributed by atoms with E-state index in [0.29, 0.717) is 0 Å². The van der Waals surface area contributed by atoms with E-state index < -0.39 is 11.5 Å². The molecule has 2 aliphatic rings. The van der Waals surface area contributed by atoms with Crippen molar-refractivity contribution >= 4 is 0 Å². The molecule has 4 rings (SSSR count). The molecule has 0 bridgehead atoms. The molecule has 0 aromatic heterocycles. The van der Waals surface area contributed by atoms with Crippen molar-refractivity contribution < 1.29 is 14.6 Å². The van der Waals surface area contributed by atoms with Crippen LogP contribution in [0, 0.1) is 17.8 Å². The summed E-state index contributed by atoms with van der Waals surface area (Å²) in [6.07, 6.45) is 9.75. The van der Waals surface area contributed by atoms with Gasteiger partial charge in [-0.15, -0.1) is 6.42 Å². The molecule has 164 valence electrons. The van der Waals surface area contributed by atoms with Gasteiger partial charge in [0.15, 0.2) is 11.5 Å². The third-order valence-corrected chi connectivity index (χ3v) is 7.02. The van der Waals surface area contributed by atoms with Crippen molar-refractivity contribution in [3.8, 4) is 23.8 Å². The highest BCUT2D eigenvalue weighted by Gasteiger charge is 2.48. The minimum absolute atomic E-state index is 0.0964. The van der Waals surface area contributed by atoms with E-state index in [0.717, 1.165) is 49.5 Å². The standard InChI is InChI=1S/C27H33NO3/c1-4-26(29)27(2)19-28(17-20-10-6-5-7-11-20)18-23(27)21-14-15-24(30-3)25(16-21)31-22-12-8-9-13-22/h1,5-7,10-11,14-16,22-23,26,29H,8-9,12-13,17-19H2,2-3H3/t23-,26+,27+/m0/s1. The monoisotopic (exact) mass is 419 g/mol. The van der Waals surface area contributed by atoms with Crippen LogP contribution in [0.3, 0.4) is 0 Å². The molecule has 2 aromatic carbocycles. The maximum Gasteiger partial charge on any atom is 0.161 e. The zero-order valence-corrected chi connectivity index (χ0v) is 18.6. The minimum Gasteiger partial charge on any atom is -0.493 e. The molecule has 0 spiro atoms. The van der Waals surface area contributed by atoms with Gasteiger partial charge in [0, 0.05) is 31.0 Å². The lowest BCUT2D eigenvalue weighted by Gasteiger charge is -2.33. The summed E-state index contributed by atoms with van der Waals surface area (Å²) in [4.78, 5) is 2.39. The van der Waals surface area contributed by atoms with Crippen molar-refractivity contribution in [1.29, 1.82) is 0 Å². The van der Waals surface area contributed by atoms with Gasteiger partial charge in [-0.2, -0.15) is 0 Å². The van der Waals surface area contributed by atoms with Crippen LogP contribution in [0.2, 0.25) is 0 Å². The number of rotatable bonds is 7. The van der Waals surface area contributed by atoms with Crippen LogP contribution in [0.25, 0.3) is 0 Å². The lowest BCUT2D eigenvalue weighted by molar-refractivity contribution is 0.0773. The molecule has 1 saturated carbocycles. The van der Waals surface area contributed by atoms with Gasteiger partial charge in [0.05, 0.1) is 13.2 Å². The van der Waals surface area contributed by atoms with Gasteiger partial charge in [-0.25, -0.2) is 0 Å². The van der Waals surface area contributed by atoms with E-state index in [4.69, 9.17) is 15.9 Å². The Balaban J connectivity index is 1.62. The third-order valence-electron chi connectivity index (χ3n) is 7.02. The van der Waals surface area contributed by atoms with Crippen LogP contribution in [0.15, 0.2) is 48.5 Å². The summed E-state index contributed by atoms with van der Waals surface area (Å²) in [5, 5.41) is 10.8. The fourth-order valence-electron chi connectivity index (χ4n) is 5.23. The average molecular weight is 420 g/mol. The first kappa shape index (κ1) is 21.7. The van der Waals surface area contributed by atoms with Gasteiger partial charge in [0.1, 0.15) is 6.10 Å². The molecule has 31 heavy (non-hydrogen) atoms. The van der Waals surface area contributed by atoms with Gasteiger partial charge in [-0.3, -0.25) is 4.90 Å². The molecule has 1 aliphatic heterocycles. The summed E-state index contributed by atoms with van der Waals surface area (Å²) in [7, 11) is 1.68. The van der Waals surface area contributed by atoms with Gasteiger partial charge in [-0.05, 0) is 48.9 Å². The molecule has 1 heterocycles. The number of hydrogen-bond donors (Lipinski definition) is 1. The quantitative estimate of drug-likeness (QED) is 0.665. The Bertz CT molecular complexity index is 916. The van der Waals surface area contributed by atoms with Crippen molar-refractivity contribution in [2.45, 2.75) is 57.3 Å². The maximum absolute atomic E-state index is 10.8. The van der Waals surface area contributed by atoms with Crippen molar-refractivity contribution in [1.82, 2.24) is 4.90 Å². The summed E-state index contributed by atoms with van der Waals surface area (Å²) in [6, 6.07) is 16.6. The molecule has 1 saturated heterocycles. The third kappa shape index (κ3) is 4.59. The van der Waals surface area contributed by atoms with Crippen LogP contribution in [0.4, 0.5) is 0 Å². The molecule has 4 nitrogen and oxygen atoms in total. The lowest BCUT2D eigenvalue weighted by atomic mass is 9.72. The van der Waals surface area contributed by atoms with Gasteiger partial charge in [-0.1, -0.05) is 49.2 Å². The number of aliphatic hydroxyl groups excluding tert-OH is 1. The summed E-state index contributed by atoms with van der Waals surface area (Å²) in [5.74, 6) is 4.25. The number of aliphatic hydroxyl groups is 1. The molecule has 0 amide bonds. The predicted octanol–water partition coefficient (Wildman–Crippen LogP) is 4.62. The molecule has 4 heteroatoms. The van der Waals surface area contributed by atoms with Gasteiger partial charge < -0.3 is 14.6 Å². The summed E-state index contributed by atoms with van der Waals surface area (Å²) < 4.78 is 11.9. The van der Waals surface area contributed by atoms with E-state index in [1.807, 2.05) is 12.1 Å². The summed E-state index contributed by atoms with van der Waals surface area (Å²) >= 11 is 0. The number of nitrogens with zero attached hydrogens (tertiary/aromatic N) is 1. The lowest BCUT2D eigenvalue weighted by Crippen LogP contribution is -2.38. The first-order valence-corrected chi connectivity index (χ1v) is 11.3. The van der Waals surface area contributed by atoms with Crippen LogP contribution in [-0.2, 0) is 6.54 Å². The number of benzene rings is 2. The maximum atomic E-state index is 10.8. The molecule has 2 fully saturated rings. The van der Waals surface area contributed by atoms with Crippen molar-refractivity contribution in [3.63, 3.8) is 0 Å². The fraction of sp³-hybridized carbons (Fsp3) is 0.481. The zero-order valence-electron chi connectivity index (χ0n) is 18.6. The van der Waals surface area contributed by atoms with E-state index in [9.17, 15) is 5.11 Å². The van der Waals surface area contributed by atoms with Gasteiger partial charge in [0.2, 0.25) is 0 Å². The second-order valence-electron chi connectivity index (χ2n) is 9.22. The van der Waals surface area contributed by atoms with Crippen LogP contribution in [0.5, 0.6) is 11.5 Å². The Hall–Kier alpha value is -2.48. The molecule has 2 aromatic rings. The second kappa shape index (κ2) is 9.34. The van der Waals surface area contributed by atoms with Crippen molar-refractivity contribution in [2.75, 3.05) is 20.2 Å². The number of methoxy groups -OCH3 is 1.